The Balaban J connectivity index is 1.59. The molecule has 1 fully saturated rings. The molecule has 4 aromatic rings. The minimum atomic E-state index is -0.416. The lowest BCUT2D eigenvalue weighted by Gasteiger charge is -2.26. The molecular formula is C28H26N4O3S. The topological polar surface area (TPSA) is 70.8 Å². The Bertz CT molecular complexity index is 1390. The highest BCUT2D eigenvalue weighted by atomic mass is 32.1. The van der Waals surface area contributed by atoms with Gasteiger partial charge in [-0.05, 0) is 66.8 Å². The van der Waals surface area contributed by atoms with E-state index in [1.54, 1.807) is 18.3 Å². The lowest BCUT2D eigenvalue weighted by molar-refractivity contribution is 0.0601. The molecule has 7 nitrogen and oxygen atoms in total. The van der Waals surface area contributed by atoms with E-state index in [0.717, 1.165) is 17.1 Å². The van der Waals surface area contributed by atoms with Crippen LogP contribution in [0.4, 0.5) is 11.4 Å². The van der Waals surface area contributed by atoms with Crippen LogP contribution in [0.2, 0.25) is 0 Å². The van der Waals surface area contributed by atoms with Crippen LogP contribution in [0.15, 0.2) is 89.5 Å². The first-order chi connectivity index (χ1) is 17.5. The predicted octanol–water partition coefficient (Wildman–Crippen LogP) is 5.37. The fourth-order valence-electron chi connectivity index (χ4n) is 4.48. The van der Waals surface area contributed by atoms with Crippen LogP contribution >= 0.6 is 12.2 Å². The van der Waals surface area contributed by atoms with Gasteiger partial charge in [0.2, 0.25) is 0 Å². The molecular weight excluding hydrogens is 472 g/mol. The lowest BCUT2D eigenvalue weighted by Crippen LogP contribution is -2.29. The summed E-state index contributed by atoms with van der Waals surface area (Å²) < 4.78 is 11.4. The number of thiocarbonyl (C=S) groups is 1. The third-order valence-corrected chi connectivity index (χ3v) is 6.57. The van der Waals surface area contributed by atoms with Crippen molar-refractivity contribution in [2.75, 3.05) is 31.0 Å². The molecule has 2 aromatic carbocycles. The second-order valence-corrected chi connectivity index (χ2v) is 9.03. The number of nitrogens with zero attached hydrogens (tertiary/aromatic N) is 3. The van der Waals surface area contributed by atoms with Crippen molar-refractivity contribution in [3.05, 3.63) is 102 Å². The minimum Gasteiger partial charge on any atom is -0.465 e. The summed E-state index contributed by atoms with van der Waals surface area (Å²) in [6.07, 6.45) is 1.77. The van der Waals surface area contributed by atoms with E-state index in [4.69, 9.17) is 21.4 Å². The predicted molar refractivity (Wildman–Crippen MR) is 144 cm³/mol. The Morgan fingerprint density at radius 1 is 1.03 bits per heavy atom. The number of nitrogens with one attached hydrogen (secondary N) is 1. The zero-order valence-corrected chi connectivity index (χ0v) is 21.0. The molecule has 182 valence electrons. The largest absolute Gasteiger partial charge is 0.465 e. The van der Waals surface area contributed by atoms with Crippen LogP contribution in [-0.4, -0.2) is 37.3 Å². The van der Waals surface area contributed by atoms with Gasteiger partial charge in [-0.25, -0.2) is 4.79 Å². The van der Waals surface area contributed by atoms with Crippen molar-refractivity contribution < 1.29 is 13.9 Å². The summed E-state index contributed by atoms with van der Waals surface area (Å²) >= 11 is 5.81. The van der Waals surface area contributed by atoms with Crippen LogP contribution in [0.5, 0.6) is 0 Å². The summed E-state index contributed by atoms with van der Waals surface area (Å²) in [7, 11) is 5.38. The number of benzene rings is 2. The average Bonchev–Trinajstić information content (AvgIpc) is 3.53. The minimum absolute atomic E-state index is 0.234. The molecule has 0 bridgehead atoms. The van der Waals surface area contributed by atoms with Crippen molar-refractivity contribution in [3.63, 3.8) is 0 Å². The van der Waals surface area contributed by atoms with Crippen LogP contribution in [0, 0.1) is 0 Å². The first kappa shape index (κ1) is 23.6. The molecule has 2 atom stereocenters. The van der Waals surface area contributed by atoms with Gasteiger partial charge < -0.3 is 24.3 Å². The van der Waals surface area contributed by atoms with Gasteiger partial charge in [-0.15, -0.1) is 0 Å². The Morgan fingerprint density at radius 3 is 2.47 bits per heavy atom. The Labute approximate surface area is 215 Å². The SMILES string of the molecule is COC(=O)c1ccccc1-c1ccc(C2C(c3ccccn3)NC(=S)N2c2ccc(N(C)C)cc2)o1. The molecule has 1 aliphatic heterocycles. The third kappa shape index (κ3) is 4.31. The highest BCUT2D eigenvalue weighted by Crippen LogP contribution is 2.43. The van der Waals surface area contributed by atoms with Crippen LogP contribution in [0.25, 0.3) is 11.3 Å². The number of methoxy groups -OCH3 is 1. The maximum Gasteiger partial charge on any atom is 0.338 e. The summed E-state index contributed by atoms with van der Waals surface area (Å²) in [5, 5.41) is 4.03. The monoisotopic (exact) mass is 498 g/mol. The fraction of sp³-hybridized carbons (Fsp3) is 0.179. The zero-order chi connectivity index (χ0) is 25.2. The summed E-state index contributed by atoms with van der Waals surface area (Å²) in [6, 6.07) is 24.6. The second-order valence-electron chi connectivity index (χ2n) is 8.65. The molecule has 1 saturated heterocycles. The van der Waals surface area contributed by atoms with Crippen LogP contribution in [0.3, 0.4) is 0 Å². The van der Waals surface area contributed by atoms with Crippen molar-refractivity contribution >= 4 is 34.7 Å². The van der Waals surface area contributed by atoms with Gasteiger partial charge in [-0.2, -0.15) is 0 Å². The number of anilines is 2. The van der Waals surface area contributed by atoms with E-state index in [9.17, 15) is 4.79 Å². The van der Waals surface area contributed by atoms with Crippen LogP contribution in [0.1, 0.15) is 33.9 Å². The average molecular weight is 499 g/mol. The Hall–Kier alpha value is -4.17. The molecule has 2 aromatic heterocycles. The van der Waals surface area contributed by atoms with E-state index >= 15 is 0 Å². The van der Waals surface area contributed by atoms with Crippen molar-refractivity contribution in [3.8, 4) is 11.3 Å². The molecule has 0 radical (unpaired) electrons. The van der Waals surface area contributed by atoms with E-state index in [0.29, 0.717) is 27.8 Å². The zero-order valence-electron chi connectivity index (χ0n) is 20.2. The number of furan rings is 1. The van der Waals surface area contributed by atoms with Gasteiger partial charge in [0.05, 0.1) is 24.4 Å². The smallest absolute Gasteiger partial charge is 0.338 e. The first-order valence-electron chi connectivity index (χ1n) is 11.5. The molecule has 3 heterocycles. The number of aromatic nitrogens is 1. The molecule has 0 amide bonds. The second kappa shape index (κ2) is 9.83. The molecule has 0 spiro atoms. The first-order valence-corrected chi connectivity index (χ1v) is 11.9. The molecule has 0 aliphatic carbocycles. The summed E-state index contributed by atoms with van der Waals surface area (Å²) in [6.45, 7) is 0. The number of carbonyl (C=O) groups is 1. The number of esters is 1. The Morgan fingerprint density at radius 2 is 1.78 bits per heavy atom. The molecule has 36 heavy (non-hydrogen) atoms. The van der Waals surface area contributed by atoms with Crippen LogP contribution < -0.4 is 15.1 Å². The summed E-state index contributed by atoms with van der Waals surface area (Å²) in [5.41, 5.74) is 3.99. The number of rotatable bonds is 6. The maximum atomic E-state index is 12.4. The van der Waals surface area contributed by atoms with Crippen molar-refractivity contribution in [2.45, 2.75) is 12.1 Å². The van der Waals surface area contributed by atoms with E-state index in [2.05, 4.69) is 32.2 Å². The van der Waals surface area contributed by atoms with Gasteiger partial charge in [-0.1, -0.05) is 24.3 Å². The van der Waals surface area contributed by atoms with Crippen LogP contribution in [-0.2, 0) is 4.74 Å². The van der Waals surface area contributed by atoms with Gasteiger partial charge in [0.25, 0.3) is 0 Å². The van der Waals surface area contributed by atoms with Gasteiger partial charge in [0.1, 0.15) is 17.6 Å². The quantitative estimate of drug-likeness (QED) is 0.281. The molecule has 1 N–H and O–H groups in total. The number of carbonyl (C=O) groups excluding carboxylic acids is 1. The molecule has 2 unspecified atom stereocenters. The summed E-state index contributed by atoms with van der Waals surface area (Å²) in [5.74, 6) is 0.858. The molecule has 1 aliphatic rings. The van der Waals surface area contributed by atoms with Crippen molar-refractivity contribution in [2.24, 2.45) is 0 Å². The standard InChI is InChI=1S/C28H26N4O3S/c1-31(2)18-11-13-19(14-12-18)32-26(25(30-28(32)36)22-10-6-7-17-29-22)24-16-15-23(35-24)20-8-4-5-9-21(20)27(33)34-3/h4-17,25-26H,1-3H3,(H,30,36). The maximum absolute atomic E-state index is 12.4. The third-order valence-electron chi connectivity index (χ3n) is 6.26. The molecule has 0 saturated carbocycles. The van der Waals surface area contributed by atoms with Gasteiger partial charge >= 0.3 is 5.97 Å². The number of hydrogen-bond donors (Lipinski definition) is 1. The normalized spacial score (nSPS) is 17.1. The fourth-order valence-corrected chi connectivity index (χ4v) is 4.82. The van der Waals surface area contributed by atoms with Crippen molar-refractivity contribution in [1.29, 1.82) is 0 Å². The van der Waals surface area contributed by atoms with E-state index in [1.165, 1.54) is 7.11 Å². The van der Waals surface area contributed by atoms with E-state index < -0.39 is 5.97 Å². The number of ether oxygens (including phenoxy) is 1. The van der Waals surface area contributed by atoms with E-state index in [-0.39, 0.29) is 12.1 Å². The van der Waals surface area contributed by atoms with Crippen molar-refractivity contribution in [1.82, 2.24) is 10.3 Å². The highest BCUT2D eigenvalue weighted by Gasteiger charge is 2.42. The van der Waals surface area contributed by atoms with Gasteiger partial charge in [0.15, 0.2) is 5.11 Å². The van der Waals surface area contributed by atoms with Gasteiger partial charge in [0, 0.05) is 37.2 Å². The highest BCUT2D eigenvalue weighted by molar-refractivity contribution is 7.80. The molecule has 8 heteroatoms. The van der Waals surface area contributed by atoms with E-state index in [1.807, 2.05) is 68.7 Å². The molecule has 5 rings (SSSR count). The number of pyridine rings is 1. The summed E-state index contributed by atoms with van der Waals surface area (Å²) in [4.78, 5) is 21.1. The van der Waals surface area contributed by atoms with Gasteiger partial charge in [-0.3, -0.25) is 4.98 Å². The lowest BCUT2D eigenvalue weighted by atomic mass is 10.0. The Kier molecular flexibility index (Phi) is 6.43. The number of hydrogen-bond acceptors (Lipinski definition) is 6.